The molecule has 3 aromatic carbocycles. The fourth-order valence-electron chi connectivity index (χ4n) is 4.56. The molecule has 4 aromatic rings. The van der Waals surface area contributed by atoms with Gasteiger partial charge in [0.15, 0.2) is 15.8 Å². The molecule has 1 aromatic heterocycles. The molecule has 1 atom stereocenters. The van der Waals surface area contributed by atoms with E-state index in [-0.39, 0.29) is 16.5 Å². The maximum atomic E-state index is 13.6. The Kier molecular flexibility index (Phi) is 8.72. The van der Waals surface area contributed by atoms with Gasteiger partial charge in [0.1, 0.15) is 5.76 Å². The normalized spacial score (nSPS) is 16.1. The lowest BCUT2D eigenvalue weighted by Gasteiger charge is -2.24. The van der Waals surface area contributed by atoms with Crippen LogP contribution in [0.3, 0.4) is 0 Å². The Morgan fingerprint density at radius 1 is 0.976 bits per heavy atom. The first-order chi connectivity index (χ1) is 20.2. The number of ether oxygens (including phenoxy) is 3. The quantitative estimate of drug-likeness (QED) is 0.0740. The van der Waals surface area contributed by atoms with E-state index in [9.17, 15) is 14.7 Å². The van der Waals surface area contributed by atoms with Crippen LogP contribution < -0.4 is 19.1 Å². The van der Waals surface area contributed by atoms with Crippen LogP contribution in [0.2, 0.25) is 5.02 Å². The summed E-state index contributed by atoms with van der Waals surface area (Å²) in [6, 6.07) is 16.7. The molecule has 1 amide bonds. The number of carbonyl (C=O) groups is 2. The third-order valence-electron chi connectivity index (χ3n) is 6.65. The number of aliphatic hydroxyl groups is 1. The van der Waals surface area contributed by atoms with Crippen LogP contribution in [0.1, 0.15) is 28.3 Å². The van der Waals surface area contributed by atoms with Crippen molar-refractivity contribution in [2.45, 2.75) is 23.1 Å². The molecule has 42 heavy (non-hydrogen) atoms. The highest BCUT2D eigenvalue weighted by Gasteiger charge is 2.49. The summed E-state index contributed by atoms with van der Waals surface area (Å²) < 4.78 is 17.2. The SMILES string of the molecule is COc1cc(C2/C(=C(/O)c3ccc(C)cc3)C(=O)C(=O)N2c2nnc(SCc3ccc(Cl)cc3)s2)cc(OC)c1OC. The van der Waals surface area contributed by atoms with Crippen molar-refractivity contribution in [1.82, 2.24) is 10.2 Å². The van der Waals surface area contributed by atoms with Gasteiger partial charge in [-0.25, -0.2) is 0 Å². The van der Waals surface area contributed by atoms with Gasteiger partial charge in [-0.1, -0.05) is 76.7 Å². The number of aliphatic hydroxyl groups excluding tert-OH is 1. The molecule has 216 valence electrons. The molecule has 12 heteroatoms. The van der Waals surface area contributed by atoms with Gasteiger partial charge in [0.05, 0.1) is 32.9 Å². The van der Waals surface area contributed by atoms with Crippen molar-refractivity contribution >= 4 is 57.3 Å². The topological polar surface area (TPSA) is 111 Å². The Morgan fingerprint density at radius 3 is 2.21 bits per heavy atom. The van der Waals surface area contributed by atoms with Gasteiger partial charge < -0.3 is 19.3 Å². The van der Waals surface area contributed by atoms with Crippen LogP contribution in [0, 0.1) is 6.92 Å². The standard InChI is InChI=1S/C30H26ClN3O6S2/c1-16-5-9-18(10-6-16)25(35)23-24(19-13-21(38-2)27(40-4)22(14-19)39-3)34(28(37)26(23)36)29-32-33-30(42-29)41-15-17-7-11-20(31)12-8-17/h5-14,24,35H,15H2,1-4H3/b25-23-. The van der Waals surface area contributed by atoms with Gasteiger partial charge in [-0.2, -0.15) is 0 Å². The van der Waals surface area contributed by atoms with E-state index in [1.807, 2.05) is 43.3 Å². The maximum absolute atomic E-state index is 13.6. The first-order valence-electron chi connectivity index (χ1n) is 12.6. The summed E-state index contributed by atoms with van der Waals surface area (Å²) in [7, 11) is 4.42. The second-order valence-corrected chi connectivity index (χ2v) is 11.9. The minimum Gasteiger partial charge on any atom is -0.507 e. The lowest BCUT2D eigenvalue weighted by atomic mass is 9.94. The summed E-state index contributed by atoms with van der Waals surface area (Å²) in [5.74, 6) is -0.403. The molecule has 1 aliphatic rings. The number of amides is 1. The number of methoxy groups -OCH3 is 3. The number of hydrogen-bond acceptors (Lipinski definition) is 10. The van der Waals surface area contributed by atoms with E-state index in [2.05, 4.69) is 10.2 Å². The van der Waals surface area contributed by atoms with Crippen LogP contribution in [0.4, 0.5) is 5.13 Å². The first-order valence-corrected chi connectivity index (χ1v) is 14.8. The van der Waals surface area contributed by atoms with E-state index in [1.54, 1.807) is 24.3 Å². The van der Waals surface area contributed by atoms with Crippen LogP contribution in [0.5, 0.6) is 17.2 Å². The zero-order valence-corrected chi connectivity index (χ0v) is 25.5. The lowest BCUT2D eigenvalue weighted by Crippen LogP contribution is -2.29. The van der Waals surface area contributed by atoms with Gasteiger partial charge in [-0.3, -0.25) is 14.5 Å². The summed E-state index contributed by atoms with van der Waals surface area (Å²) in [6.45, 7) is 1.91. The monoisotopic (exact) mass is 623 g/mol. The fraction of sp³-hybridized carbons (Fsp3) is 0.200. The molecule has 1 unspecified atom stereocenters. The first kappa shape index (κ1) is 29.4. The number of thioether (sulfide) groups is 1. The van der Waals surface area contributed by atoms with Gasteiger partial charge in [-0.05, 0) is 42.3 Å². The molecule has 0 bridgehead atoms. The number of carbonyl (C=O) groups excluding carboxylic acids is 2. The van der Waals surface area contributed by atoms with Crippen molar-refractivity contribution in [1.29, 1.82) is 0 Å². The summed E-state index contributed by atoms with van der Waals surface area (Å²) >= 11 is 8.61. The van der Waals surface area contributed by atoms with Crippen LogP contribution >= 0.6 is 34.7 Å². The number of ketones is 1. The number of rotatable bonds is 9. The average Bonchev–Trinajstić information content (AvgIpc) is 3.57. The smallest absolute Gasteiger partial charge is 0.301 e. The van der Waals surface area contributed by atoms with Crippen LogP contribution in [-0.4, -0.2) is 48.3 Å². The molecule has 1 fully saturated rings. The second-order valence-electron chi connectivity index (χ2n) is 9.26. The number of aromatic nitrogens is 2. The Bertz CT molecular complexity index is 1650. The molecule has 5 rings (SSSR count). The molecule has 0 radical (unpaired) electrons. The largest absolute Gasteiger partial charge is 0.507 e. The molecule has 0 spiro atoms. The molecular formula is C30H26ClN3O6S2. The molecule has 0 saturated carbocycles. The van der Waals surface area contributed by atoms with Gasteiger partial charge >= 0.3 is 5.91 Å². The maximum Gasteiger partial charge on any atom is 0.301 e. The second kappa shape index (κ2) is 12.4. The minimum absolute atomic E-state index is 0.0938. The Hall–Kier alpha value is -4.06. The molecular weight excluding hydrogens is 598 g/mol. The third kappa shape index (κ3) is 5.67. The molecule has 2 heterocycles. The molecule has 9 nitrogen and oxygen atoms in total. The molecule has 0 aliphatic carbocycles. The van der Waals surface area contributed by atoms with Crippen LogP contribution in [0.25, 0.3) is 5.76 Å². The highest BCUT2D eigenvalue weighted by atomic mass is 35.5. The predicted molar refractivity (Wildman–Crippen MR) is 163 cm³/mol. The van der Waals surface area contributed by atoms with Crippen molar-refractivity contribution in [3.63, 3.8) is 0 Å². The van der Waals surface area contributed by atoms with Crippen molar-refractivity contribution in [2.24, 2.45) is 0 Å². The number of nitrogens with zero attached hydrogens (tertiary/aromatic N) is 3. The van der Waals surface area contributed by atoms with E-state index in [0.717, 1.165) is 11.1 Å². The summed E-state index contributed by atoms with van der Waals surface area (Å²) in [5.41, 5.74) is 2.77. The predicted octanol–water partition coefficient (Wildman–Crippen LogP) is 6.44. The van der Waals surface area contributed by atoms with Gasteiger partial charge in [0.2, 0.25) is 10.9 Å². The Balaban J connectivity index is 1.61. The number of hydrogen-bond donors (Lipinski definition) is 1. The van der Waals surface area contributed by atoms with E-state index < -0.39 is 17.7 Å². The highest BCUT2D eigenvalue weighted by molar-refractivity contribution is 8.00. The van der Waals surface area contributed by atoms with E-state index in [1.165, 1.54) is 49.3 Å². The van der Waals surface area contributed by atoms with Crippen molar-refractivity contribution < 1.29 is 28.9 Å². The van der Waals surface area contributed by atoms with E-state index in [4.69, 9.17) is 25.8 Å². The summed E-state index contributed by atoms with van der Waals surface area (Å²) in [4.78, 5) is 28.4. The van der Waals surface area contributed by atoms with Gasteiger partial charge in [-0.15, -0.1) is 10.2 Å². The van der Waals surface area contributed by atoms with Crippen molar-refractivity contribution in [2.75, 3.05) is 26.2 Å². The van der Waals surface area contributed by atoms with E-state index >= 15 is 0 Å². The van der Waals surface area contributed by atoms with Crippen LogP contribution in [0.15, 0.2) is 70.6 Å². The van der Waals surface area contributed by atoms with Gasteiger partial charge in [0.25, 0.3) is 5.78 Å². The Morgan fingerprint density at radius 2 is 1.62 bits per heavy atom. The number of aryl methyl sites for hydroxylation is 1. The summed E-state index contributed by atoms with van der Waals surface area (Å²) in [6.07, 6.45) is 0. The zero-order valence-electron chi connectivity index (χ0n) is 23.1. The van der Waals surface area contributed by atoms with Crippen LogP contribution in [-0.2, 0) is 15.3 Å². The highest BCUT2D eigenvalue weighted by Crippen LogP contribution is 2.48. The van der Waals surface area contributed by atoms with Gasteiger partial charge in [0, 0.05) is 16.3 Å². The summed E-state index contributed by atoms with van der Waals surface area (Å²) in [5, 5.41) is 20.8. The van der Waals surface area contributed by atoms with E-state index in [0.29, 0.717) is 43.5 Å². The zero-order chi connectivity index (χ0) is 30.0. The number of Topliss-reactive ketones (excluding diaryl/α,β-unsaturated/α-hetero) is 1. The fourth-order valence-corrected chi connectivity index (χ4v) is 6.50. The number of halogens is 1. The van der Waals surface area contributed by atoms with Crippen molar-refractivity contribution in [3.05, 3.63) is 93.5 Å². The Labute approximate surface area is 255 Å². The number of benzene rings is 3. The minimum atomic E-state index is -1.05. The average molecular weight is 624 g/mol. The molecule has 1 saturated heterocycles. The number of anilines is 1. The lowest BCUT2D eigenvalue weighted by molar-refractivity contribution is -0.132. The third-order valence-corrected chi connectivity index (χ3v) is 9.03. The molecule has 1 aliphatic heterocycles. The van der Waals surface area contributed by atoms with Crippen molar-refractivity contribution in [3.8, 4) is 17.2 Å². The molecule has 1 N–H and O–H groups in total.